The smallest absolute Gasteiger partial charge is 0.229 e. The molecule has 0 spiro atoms. The molecule has 110 valence electrons. The largest absolute Gasteiger partial charge is 0.381 e. The third kappa shape index (κ3) is 2.83. The first kappa shape index (κ1) is 13.8. The van der Waals surface area contributed by atoms with Crippen LogP contribution in [-0.2, 0) is 9.53 Å². The van der Waals surface area contributed by atoms with Gasteiger partial charge in [-0.3, -0.25) is 4.79 Å². The van der Waals surface area contributed by atoms with Gasteiger partial charge in [0.1, 0.15) is 0 Å². The van der Waals surface area contributed by atoms with E-state index in [-0.39, 0.29) is 11.8 Å². The number of hydrogen-bond acceptors (Lipinski definition) is 3. The lowest BCUT2D eigenvalue weighted by Crippen LogP contribution is -2.22. The van der Waals surface area contributed by atoms with Gasteiger partial charge in [0, 0.05) is 23.7 Å². The first-order valence-electron chi connectivity index (χ1n) is 7.15. The van der Waals surface area contributed by atoms with E-state index in [9.17, 15) is 4.79 Å². The molecule has 1 atom stereocenters. The number of anilines is 1. The molecule has 0 aliphatic carbocycles. The zero-order valence-corrected chi connectivity index (χ0v) is 12.3. The van der Waals surface area contributed by atoms with Crippen LogP contribution in [0.25, 0.3) is 5.69 Å². The average Bonchev–Trinajstić information content (AvgIpc) is 3.12. The lowest BCUT2D eigenvalue weighted by molar-refractivity contribution is -0.119. The Morgan fingerprint density at radius 2 is 2.10 bits per heavy atom. The third-order valence-corrected chi connectivity index (χ3v) is 3.97. The number of carbonyl (C=O) groups excluding carboxylic acids is 1. The van der Waals surface area contributed by atoms with Crippen molar-refractivity contribution in [2.75, 3.05) is 18.5 Å². The minimum absolute atomic E-state index is 0.0248. The number of imidazole rings is 1. The summed E-state index contributed by atoms with van der Waals surface area (Å²) < 4.78 is 7.27. The van der Waals surface area contributed by atoms with Crippen LogP contribution in [0.15, 0.2) is 30.6 Å². The highest BCUT2D eigenvalue weighted by Crippen LogP contribution is 2.19. The highest BCUT2D eigenvalue weighted by Gasteiger charge is 2.23. The number of aromatic nitrogens is 2. The van der Waals surface area contributed by atoms with Crippen LogP contribution >= 0.6 is 0 Å². The monoisotopic (exact) mass is 285 g/mol. The Labute approximate surface area is 124 Å². The average molecular weight is 285 g/mol. The van der Waals surface area contributed by atoms with Crippen LogP contribution in [0, 0.1) is 19.8 Å². The maximum atomic E-state index is 12.0. The van der Waals surface area contributed by atoms with Gasteiger partial charge in [-0.15, -0.1) is 0 Å². The van der Waals surface area contributed by atoms with Gasteiger partial charge in [-0.05, 0) is 44.5 Å². The van der Waals surface area contributed by atoms with E-state index < -0.39 is 0 Å². The summed E-state index contributed by atoms with van der Waals surface area (Å²) in [6.45, 7) is 5.23. The summed E-state index contributed by atoms with van der Waals surface area (Å²) in [5, 5.41) is 2.94. The van der Waals surface area contributed by atoms with Crippen LogP contribution in [0.2, 0.25) is 0 Å². The molecular formula is C16H19N3O2. The second-order valence-electron chi connectivity index (χ2n) is 5.38. The summed E-state index contributed by atoms with van der Waals surface area (Å²) in [5.74, 6) is 0.0122. The molecule has 1 aromatic heterocycles. The molecular weight excluding hydrogens is 266 g/mol. The SMILES string of the molecule is Cc1ncn(-c2ccc(NC(=O)C3CCOC3)cc2)c1C. The van der Waals surface area contributed by atoms with Gasteiger partial charge in [-0.1, -0.05) is 0 Å². The fraction of sp³-hybridized carbons (Fsp3) is 0.375. The van der Waals surface area contributed by atoms with Crippen molar-refractivity contribution in [2.45, 2.75) is 20.3 Å². The van der Waals surface area contributed by atoms with E-state index in [1.807, 2.05) is 49.0 Å². The van der Waals surface area contributed by atoms with Gasteiger partial charge in [0.05, 0.1) is 24.5 Å². The second-order valence-corrected chi connectivity index (χ2v) is 5.38. The fourth-order valence-corrected chi connectivity index (χ4v) is 2.45. The van der Waals surface area contributed by atoms with E-state index in [4.69, 9.17) is 4.74 Å². The quantitative estimate of drug-likeness (QED) is 0.942. The first-order chi connectivity index (χ1) is 10.1. The number of carbonyl (C=O) groups is 1. The van der Waals surface area contributed by atoms with E-state index in [2.05, 4.69) is 10.3 Å². The lowest BCUT2D eigenvalue weighted by atomic mass is 10.1. The predicted molar refractivity (Wildman–Crippen MR) is 80.6 cm³/mol. The molecule has 0 bridgehead atoms. The molecule has 1 aliphatic rings. The number of aryl methyl sites for hydroxylation is 1. The number of benzene rings is 1. The van der Waals surface area contributed by atoms with Crippen molar-refractivity contribution in [3.05, 3.63) is 42.0 Å². The molecule has 1 fully saturated rings. The molecule has 3 rings (SSSR count). The van der Waals surface area contributed by atoms with E-state index in [1.54, 1.807) is 0 Å². The first-order valence-corrected chi connectivity index (χ1v) is 7.15. The summed E-state index contributed by atoms with van der Waals surface area (Å²) in [4.78, 5) is 16.3. The molecule has 1 aliphatic heterocycles. The number of ether oxygens (including phenoxy) is 1. The maximum Gasteiger partial charge on any atom is 0.229 e. The highest BCUT2D eigenvalue weighted by atomic mass is 16.5. The molecule has 5 nitrogen and oxygen atoms in total. The van der Waals surface area contributed by atoms with Crippen LogP contribution in [-0.4, -0.2) is 28.7 Å². The van der Waals surface area contributed by atoms with Crippen molar-refractivity contribution in [3.8, 4) is 5.69 Å². The Hall–Kier alpha value is -2.14. The minimum atomic E-state index is -0.0248. The Balaban J connectivity index is 1.72. The second kappa shape index (κ2) is 5.69. The Morgan fingerprint density at radius 1 is 1.33 bits per heavy atom. The van der Waals surface area contributed by atoms with E-state index >= 15 is 0 Å². The van der Waals surface area contributed by atoms with Crippen molar-refractivity contribution in [3.63, 3.8) is 0 Å². The van der Waals surface area contributed by atoms with Crippen LogP contribution in [0.5, 0.6) is 0 Å². The normalized spacial score (nSPS) is 17.9. The Morgan fingerprint density at radius 3 is 2.67 bits per heavy atom. The van der Waals surface area contributed by atoms with Crippen LogP contribution < -0.4 is 5.32 Å². The van der Waals surface area contributed by atoms with Gasteiger partial charge < -0.3 is 14.6 Å². The van der Waals surface area contributed by atoms with Gasteiger partial charge in [0.25, 0.3) is 0 Å². The molecule has 0 saturated carbocycles. The fourth-order valence-electron chi connectivity index (χ4n) is 2.45. The molecule has 1 saturated heterocycles. The van der Waals surface area contributed by atoms with E-state index in [1.165, 1.54) is 0 Å². The molecule has 1 N–H and O–H groups in total. The van der Waals surface area contributed by atoms with Crippen LogP contribution in [0.4, 0.5) is 5.69 Å². The van der Waals surface area contributed by atoms with Crippen molar-refractivity contribution < 1.29 is 9.53 Å². The highest BCUT2D eigenvalue weighted by molar-refractivity contribution is 5.92. The molecule has 2 heterocycles. The summed E-state index contributed by atoms with van der Waals surface area (Å²) in [6, 6.07) is 7.79. The number of amides is 1. The topological polar surface area (TPSA) is 56.2 Å². The maximum absolute atomic E-state index is 12.0. The predicted octanol–water partition coefficient (Wildman–Crippen LogP) is 2.46. The number of rotatable bonds is 3. The molecule has 5 heteroatoms. The van der Waals surface area contributed by atoms with Crippen molar-refractivity contribution in [1.29, 1.82) is 0 Å². The molecule has 1 amide bonds. The van der Waals surface area contributed by atoms with Crippen molar-refractivity contribution >= 4 is 11.6 Å². The number of nitrogens with zero attached hydrogens (tertiary/aromatic N) is 2. The summed E-state index contributed by atoms with van der Waals surface area (Å²) in [7, 11) is 0. The Bertz CT molecular complexity index is 640. The number of nitrogens with one attached hydrogen (secondary N) is 1. The molecule has 2 aromatic rings. The van der Waals surface area contributed by atoms with Crippen LogP contribution in [0.3, 0.4) is 0 Å². The van der Waals surface area contributed by atoms with Gasteiger partial charge in [-0.2, -0.15) is 0 Å². The third-order valence-electron chi connectivity index (χ3n) is 3.97. The molecule has 0 radical (unpaired) electrons. The lowest BCUT2D eigenvalue weighted by Gasteiger charge is -2.11. The van der Waals surface area contributed by atoms with Gasteiger partial charge in [0.15, 0.2) is 0 Å². The van der Waals surface area contributed by atoms with Gasteiger partial charge in [0.2, 0.25) is 5.91 Å². The summed E-state index contributed by atoms with van der Waals surface area (Å²) >= 11 is 0. The number of hydrogen-bond donors (Lipinski definition) is 1. The Kier molecular flexibility index (Phi) is 3.75. The standard InChI is InChI=1S/C16H19N3O2/c1-11-12(2)19(10-17-11)15-5-3-14(4-6-15)18-16(20)13-7-8-21-9-13/h3-6,10,13H,7-9H2,1-2H3,(H,18,20). The van der Waals surface area contributed by atoms with Crippen LogP contribution in [0.1, 0.15) is 17.8 Å². The van der Waals surface area contributed by atoms with Gasteiger partial charge >= 0.3 is 0 Å². The van der Waals surface area contributed by atoms with Crippen molar-refractivity contribution in [1.82, 2.24) is 9.55 Å². The molecule has 1 unspecified atom stereocenters. The van der Waals surface area contributed by atoms with E-state index in [0.717, 1.165) is 29.2 Å². The summed E-state index contributed by atoms with van der Waals surface area (Å²) in [5.41, 5.74) is 3.99. The van der Waals surface area contributed by atoms with E-state index in [0.29, 0.717) is 13.2 Å². The van der Waals surface area contributed by atoms with Gasteiger partial charge in [-0.25, -0.2) is 4.98 Å². The zero-order chi connectivity index (χ0) is 14.8. The molecule has 21 heavy (non-hydrogen) atoms. The zero-order valence-electron chi connectivity index (χ0n) is 12.3. The molecule has 1 aromatic carbocycles. The van der Waals surface area contributed by atoms with Crippen molar-refractivity contribution in [2.24, 2.45) is 5.92 Å². The summed E-state index contributed by atoms with van der Waals surface area (Å²) in [6.07, 6.45) is 2.62. The minimum Gasteiger partial charge on any atom is -0.381 e.